The first-order chi connectivity index (χ1) is 18.9. The Kier molecular flexibility index (Phi) is 15.8. The Morgan fingerprint density at radius 1 is 1.07 bits per heavy atom. The summed E-state index contributed by atoms with van der Waals surface area (Å²) in [6.07, 6.45) is 12.0. The first-order valence-corrected chi connectivity index (χ1v) is 15.9. The minimum atomic E-state index is -0.944. The zero-order chi connectivity index (χ0) is 30.3. The molecule has 0 heterocycles. The average Bonchev–Trinajstić information content (AvgIpc) is 2.89. The fraction of sp³-hybridized carbons (Fsp3) is 0.656. The number of rotatable bonds is 16. The quantitative estimate of drug-likeness (QED) is 0.179. The highest BCUT2D eigenvalue weighted by Crippen LogP contribution is 2.30. The van der Waals surface area contributed by atoms with Gasteiger partial charge in [0.1, 0.15) is 17.7 Å². The number of nitrogens with one attached hydrogen (secondary N) is 2. The first kappa shape index (κ1) is 35.4. The summed E-state index contributed by atoms with van der Waals surface area (Å²) in [6.45, 7) is 14.2. The normalized spacial score (nSPS) is 13.6. The predicted octanol–water partition coefficient (Wildman–Crippen LogP) is 6.32. The molecule has 2 N–H and O–H groups in total. The lowest BCUT2D eigenvalue weighted by Gasteiger charge is -2.39. The molecule has 3 amide bonds. The van der Waals surface area contributed by atoms with Gasteiger partial charge >= 0.3 is 6.09 Å². The summed E-state index contributed by atoms with van der Waals surface area (Å²) >= 11 is 1.59. The molecule has 224 valence electrons. The fourth-order valence-corrected chi connectivity index (χ4v) is 4.87. The van der Waals surface area contributed by atoms with Crippen LogP contribution in [0.15, 0.2) is 24.3 Å². The van der Waals surface area contributed by atoms with E-state index in [4.69, 9.17) is 11.2 Å². The third-order valence-electron chi connectivity index (χ3n) is 6.51. The van der Waals surface area contributed by atoms with Crippen molar-refractivity contribution in [2.24, 2.45) is 5.92 Å². The summed E-state index contributed by atoms with van der Waals surface area (Å²) in [5, 5.41) is 5.86. The molecule has 40 heavy (non-hydrogen) atoms. The van der Waals surface area contributed by atoms with Crippen molar-refractivity contribution < 1.29 is 19.1 Å². The Bertz CT molecular complexity index is 983. The molecule has 0 bridgehead atoms. The van der Waals surface area contributed by atoms with E-state index in [-0.39, 0.29) is 17.9 Å². The van der Waals surface area contributed by atoms with Gasteiger partial charge in [-0.1, -0.05) is 57.7 Å². The number of ether oxygens (including phenoxy) is 1. The van der Waals surface area contributed by atoms with Crippen molar-refractivity contribution in [3.05, 3.63) is 35.4 Å². The predicted molar refractivity (Wildman–Crippen MR) is 166 cm³/mol. The van der Waals surface area contributed by atoms with E-state index < -0.39 is 23.8 Å². The lowest BCUT2D eigenvalue weighted by atomic mass is 9.94. The molecule has 0 saturated heterocycles. The Morgan fingerprint density at radius 2 is 1.75 bits per heavy atom. The number of thioether (sulfide) groups is 1. The number of carbonyl (C=O) groups is 3. The molecular weight excluding hydrogens is 522 g/mol. The molecule has 0 aromatic heterocycles. The van der Waals surface area contributed by atoms with Gasteiger partial charge < -0.3 is 20.3 Å². The van der Waals surface area contributed by atoms with Crippen molar-refractivity contribution >= 4 is 29.7 Å². The van der Waals surface area contributed by atoms with Gasteiger partial charge in [0, 0.05) is 18.2 Å². The van der Waals surface area contributed by atoms with E-state index in [9.17, 15) is 14.4 Å². The molecule has 0 aliphatic carbocycles. The van der Waals surface area contributed by atoms with Crippen LogP contribution in [-0.4, -0.2) is 59.0 Å². The minimum Gasteiger partial charge on any atom is -0.444 e. The summed E-state index contributed by atoms with van der Waals surface area (Å²) in [7, 11) is 0. The summed E-state index contributed by atoms with van der Waals surface area (Å²) in [4.78, 5) is 42.8. The summed E-state index contributed by atoms with van der Waals surface area (Å²) in [5.41, 5.74) is 0.447. The van der Waals surface area contributed by atoms with Crippen LogP contribution in [-0.2, 0) is 14.3 Å². The Hall–Kier alpha value is -2.66. The molecule has 0 spiro atoms. The zero-order valence-electron chi connectivity index (χ0n) is 25.8. The van der Waals surface area contributed by atoms with Crippen LogP contribution >= 0.6 is 11.8 Å². The molecule has 1 aromatic rings. The van der Waals surface area contributed by atoms with E-state index >= 15 is 0 Å². The van der Waals surface area contributed by atoms with Crippen molar-refractivity contribution in [3.8, 4) is 12.3 Å². The highest BCUT2D eigenvalue weighted by atomic mass is 32.2. The van der Waals surface area contributed by atoms with Gasteiger partial charge in [-0.25, -0.2) is 4.79 Å². The molecule has 0 fully saturated rings. The van der Waals surface area contributed by atoms with Crippen LogP contribution in [0.5, 0.6) is 0 Å². The second-order valence-corrected chi connectivity index (χ2v) is 12.7. The monoisotopic (exact) mass is 573 g/mol. The van der Waals surface area contributed by atoms with Gasteiger partial charge in [0.25, 0.3) is 0 Å². The molecule has 0 saturated carbocycles. The summed E-state index contributed by atoms with van der Waals surface area (Å²) in [6, 6.07) is 5.17. The first-order valence-electron chi connectivity index (χ1n) is 14.5. The molecule has 0 aliphatic rings. The fourth-order valence-electron chi connectivity index (χ4n) is 4.40. The Labute approximate surface area is 246 Å². The maximum absolute atomic E-state index is 14.4. The SMILES string of the molecule is C#Cc1ccccc1C(C(=O)NCCCCC)N(C(=O)C(CCSC)NC(=O)OC(C)(C)C)C(C)CCC(C)C. The van der Waals surface area contributed by atoms with Crippen LogP contribution in [0.1, 0.15) is 104 Å². The van der Waals surface area contributed by atoms with Crippen LogP contribution in [0.3, 0.4) is 0 Å². The lowest BCUT2D eigenvalue weighted by molar-refractivity contribution is -0.145. The van der Waals surface area contributed by atoms with Gasteiger partial charge in [0.05, 0.1) is 0 Å². The number of unbranched alkanes of at least 4 members (excludes halogenated alkanes) is 2. The van der Waals surface area contributed by atoms with Gasteiger partial charge in [-0.3, -0.25) is 9.59 Å². The zero-order valence-corrected chi connectivity index (χ0v) is 26.7. The van der Waals surface area contributed by atoms with Crippen LogP contribution < -0.4 is 10.6 Å². The van der Waals surface area contributed by atoms with E-state index in [1.54, 1.807) is 43.5 Å². The maximum Gasteiger partial charge on any atom is 0.408 e. The van der Waals surface area contributed by atoms with Gasteiger partial charge in [0.2, 0.25) is 11.8 Å². The minimum absolute atomic E-state index is 0.274. The largest absolute Gasteiger partial charge is 0.444 e. The lowest BCUT2D eigenvalue weighted by Crippen LogP contribution is -2.56. The van der Waals surface area contributed by atoms with Crippen molar-refractivity contribution in [1.82, 2.24) is 15.5 Å². The number of benzene rings is 1. The van der Waals surface area contributed by atoms with E-state index in [0.29, 0.717) is 42.2 Å². The maximum atomic E-state index is 14.4. The number of hydrogen-bond donors (Lipinski definition) is 2. The number of alkyl carbamates (subject to hydrolysis) is 1. The number of terminal acetylenes is 1. The number of amides is 3. The van der Waals surface area contributed by atoms with Crippen molar-refractivity contribution in [1.29, 1.82) is 0 Å². The van der Waals surface area contributed by atoms with Gasteiger partial charge in [0.15, 0.2) is 0 Å². The van der Waals surface area contributed by atoms with Crippen LogP contribution in [0.4, 0.5) is 4.79 Å². The molecule has 7 nitrogen and oxygen atoms in total. The molecule has 0 radical (unpaired) electrons. The van der Waals surface area contributed by atoms with E-state index in [1.807, 2.05) is 31.4 Å². The molecule has 1 rings (SSSR count). The number of hydrogen-bond acceptors (Lipinski definition) is 5. The third kappa shape index (κ3) is 12.2. The van der Waals surface area contributed by atoms with Crippen molar-refractivity contribution in [2.75, 3.05) is 18.6 Å². The molecule has 3 unspecified atom stereocenters. The molecule has 8 heteroatoms. The van der Waals surface area contributed by atoms with Gasteiger partial charge in [-0.05, 0) is 82.9 Å². The molecular formula is C32H51N3O4S. The third-order valence-corrected chi connectivity index (χ3v) is 7.15. The van der Waals surface area contributed by atoms with Crippen molar-refractivity contribution in [2.45, 2.75) is 111 Å². The average molecular weight is 574 g/mol. The second kappa shape index (κ2) is 17.9. The smallest absolute Gasteiger partial charge is 0.408 e. The summed E-state index contributed by atoms with van der Waals surface area (Å²) in [5.74, 6) is 3.17. The van der Waals surface area contributed by atoms with E-state index in [0.717, 1.165) is 25.7 Å². The number of carbonyl (C=O) groups excluding carboxylic acids is 3. The molecule has 3 atom stereocenters. The highest BCUT2D eigenvalue weighted by molar-refractivity contribution is 7.98. The highest BCUT2D eigenvalue weighted by Gasteiger charge is 2.39. The standard InChI is InChI=1S/C32H51N3O4S/c1-10-12-15-21-33-29(36)28(26-17-14-13-16-25(26)11-2)35(24(5)19-18-23(3)4)30(37)27(20-22-40-9)34-31(38)39-32(6,7)8/h2,13-14,16-17,23-24,27-28H,10,12,15,18-22H2,1,3-9H3,(H,33,36)(H,34,38). The Morgan fingerprint density at radius 3 is 2.33 bits per heavy atom. The van der Waals surface area contributed by atoms with Crippen LogP contribution in [0.25, 0.3) is 0 Å². The van der Waals surface area contributed by atoms with E-state index in [1.165, 1.54) is 0 Å². The topological polar surface area (TPSA) is 87.7 Å². The number of nitrogens with zero attached hydrogens (tertiary/aromatic N) is 1. The van der Waals surface area contributed by atoms with Gasteiger partial charge in [-0.15, -0.1) is 6.42 Å². The van der Waals surface area contributed by atoms with Crippen LogP contribution in [0.2, 0.25) is 0 Å². The summed E-state index contributed by atoms with van der Waals surface area (Å²) < 4.78 is 5.49. The Balaban J connectivity index is 3.63. The second-order valence-electron chi connectivity index (χ2n) is 11.7. The molecule has 0 aliphatic heterocycles. The van der Waals surface area contributed by atoms with E-state index in [2.05, 4.69) is 37.3 Å². The van der Waals surface area contributed by atoms with Gasteiger partial charge in [-0.2, -0.15) is 11.8 Å². The molecule has 1 aromatic carbocycles. The van der Waals surface area contributed by atoms with Crippen LogP contribution in [0, 0.1) is 18.3 Å². The van der Waals surface area contributed by atoms with Crippen molar-refractivity contribution in [3.63, 3.8) is 0 Å².